The van der Waals surface area contributed by atoms with Crippen LogP contribution in [0.4, 0.5) is 5.69 Å². The molecule has 0 bridgehead atoms. The number of aldehydes is 1. The molecule has 0 aliphatic carbocycles. The maximum absolute atomic E-state index is 12.0. The number of benzene rings is 1. The highest BCUT2D eigenvalue weighted by Crippen LogP contribution is 2.22. The van der Waals surface area contributed by atoms with Crippen molar-refractivity contribution in [3.8, 4) is 5.75 Å². The summed E-state index contributed by atoms with van der Waals surface area (Å²) in [6.07, 6.45) is 0.961. The average molecular weight is 352 g/mol. The highest BCUT2D eigenvalue weighted by molar-refractivity contribution is 5.82. The molecule has 0 spiro atoms. The normalized spacial score (nSPS) is 10.0. The number of nitro groups is 1. The number of esters is 1. The van der Waals surface area contributed by atoms with E-state index in [0.717, 1.165) is 0 Å². The van der Waals surface area contributed by atoms with E-state index < -0.39 is 10.9 Å². The van der Waals surface area contributed by atoms with Crippen LogP contribution in [-0.2, 0) is 14.3 Å². The van der Waals surface area contributed by atoms with Crippen molar-refractivity contribution in [1.29, 1.82) is 0 Å². The summed E-state index contributed by atoms with van der Waals surface area (Å²) in [7, 11) is 1.26. The van der Waals surface area contributed by atoms with Crippen LogP contribution in [-0.4, -0.2) is 54.8 Å². The Bertz CT molecular complexity index is 645. The van der Waals surface area contributed by atoms with E-state index in [1.165, 1.54) is 30.2 Å². The monoisotopic (exact) mass is 352 g/mol. The van der Waals surface area contributed by atoms with Gasteiger partial charge in [0.1, 0.15) is 12.3 Å². The van der Waals surface area contributed by atoms with Crippen LogP contribution in [0.15, 0.2) is 18.2 Å². The van der Waals surface area contributed by atoms with Gasteiger partial charge < -0.3 is 14.4 Å². The summed E-state index contributed by atoms with van der Waals surface area (Å²) in [5.74, 6) is -0.380. The zero-order chi connectivity index (χ0) is 18.8. The first-order valence-corrected chi connectivity index (χ1v) is 7.63. The van der Waals surface area contributed by atoms with E-state index in [1.807, 2.05) is 0 Å². The molecule has 0 aromatic heterocycles. The number of carbonyl (C=O) groups excluding carboxylic acids is 3. The molecule has 0 saturated carbocycles. The van der Waals surface area contributed by atoms with Crippen molar-refractivity contribution in [2.75, 3.05) is 26.8 Å². The van der Waals surface area contributed by atoms with Crippen LogP contribution in [0.1, 0.15) is 30.1 Å². The third-order valence-corrected chi connectivity index (χ3v) is 3.41. The van der Waals surface area contributed by atoms with E-state index in [4.69, 9.17) is 4.74 Å². The molecule has 0 aliphatic rings. The number of rotatable bonds is 10. The molecule has 25 heavy (non-hydrogen) atoms. The lowest BCUT2D eigenvalue weighted by molar-refractivity contribution is -0.385. The number of methoxy groups -OCH3 is 1. The Balaban J connectivity index is 2.49. The SMILES string of the molecule is CCN(CC(=O)OC)C(=O)CCCOc1ccc([N+](=O)[O-])c(C=O)c1. The van der Waals surface area contributed by atoms with E-state index in [2.05, 4.69) is 4.74 Å². The van der Waals surface area contributed by atoms with Crippen LogP contribution in [0.2, 0.25) is 0 Å². The predicted octanol–water partition coefficient (Wildman–Crippen LogP) is 1.59. The Morgan fingerprint density at radius 3 is 2.64 bits per heavy atom. The summed E-state index contributed by atoms with van der Waals surface area (Å²) in [4.78, 5) is 45.6. The molecule has 1 rings (SSSR count). The van der Waals surface area contributed by atoms with E-state index in [9.17, 15) is 24.5 Å². The predicted molar refractivity (Wildman–Crippen MR) is 87.5 cm³/mol. The summed E-state index contributed by atoms with van der Waals surface area (Å²) < 4.78 is 9.94. The minimum Gasteiger partial charge on any atom is -0.494 e. The Morgan fingerprint density at radius 2 is 2.08 bits per heavy atom. The lowest BCUT2D eigenvalue weighted by atomic mass is 10.2. The number of nitro benzene ring substituents is 1. The van der Waals surface area contributed by atoms with Crippen molar-refractivity contribution in [3.05, 3.63) is 33.9 Å². The van der Waals surface area contributed by atoms with Gasteiger partial charge in [0, 0.05) is 19.0 Å². The Hall–Kier alpha value is -2.97. The van der Waals surface area contributed by atoms with Gasteiger partial charge in [-0.05, 0) is 25.5 Å². The summed E-state index contributed by atoms with van der Waals surface area (Å²) in [5, 5.41) is 10.7. The standard InChI is InChI=1S/C16H20N2O7/c1-3-17(10-16(21)24-2)15(20)5-4-8-25-13-6-7-14(18(22)23)12(9-13)11-19/h6-7,9,11H,3-5,8,10H2,1-2H3. The van der Waals surface area contributed by atoms with Crippen LogP contribution in [0.5, 0.6) is 5.75 Å². The summed E-state index contributed by atoms with van der Waals surface area (Å²) >= 11 is 0. The number of amides is 1. The van der Waals surface area contributed by atoms with Crippen LogP contribution >= 0.6 is 0 Å². The van der Waals surface area contributed by atoms with Crippen molar-refractivity contribution in [2.24, 2.45) is 0 Å². The third kappa shape index (κ3) is 6.21. The lowest BCUT2D eigenvalue weighted by Crippen LogP contribution is -2.36. The molecule has 0 fully saturated rings. The number of carbonyl (C=O) groups is 3. The zero-order valence-electron chi connectivity index (χ0n) is 14.1. The molecule has 1 aromatic rings. The van der Waals surface area contributed by atoms with Gasteiger partial charge in [-0.3, -0.25) is 24.5 Å². The van der Waals surface area contributed by atoms with Gasteiger partial charge in [0.25, 0.3) is 5.69 Å². The van der Waals surface area contributed by atoms with Crippen molar-refractivity contribution >= 4 is 23.9 Å². The van der Waals surface area contributed by atoms with Gasteiger partial charge in [-0.25, -0.2) is 0 Å². The number of hydrogen-bond acceptors (Lipinski definition) is 7. The quantitative estimate of drug-likeness (QED) is 0.206. The van der Waals surface area contributed by atoms with Crippen molar-refractivity contribution in [2.45, 2.75) is 19.8 Å². The van der Waals surface area contributed by atoms with Crippen LogP contribution in [0.3, 0.4) is 0 Å². The summed E-state index contributed by atoms with van der Waals surface area (Å²) in [6.45, 7) is 2.24. The first-order valence-electron chi connectivity index (χ1n) is 7.63. The van der Waals surface area contributed by atoms with Crippen LogP contribution in [0.25, 0.3) is 0 Å². The molecule has 0 atom stereocenters. The average Bonchev–Trinajstić information content (AvgIpc) is 2.62. The topological polar surface area (TPSA) is 116 Å². The molecule has 1 amide bonds. The molecular formula is C16H20N2O7. The fourth-order valence-electron chi connectivity index (χ4n) is 2.05. The molecule has 9 heteroatoms. The van der Waals surface area contributed by atoms with Gasteiger partial charge >= 0.3 is 5.97 Å². The molecule has 0 unspecified atom stereocenters. The van der Waals surface area contributed by atoms with Crippen LogP contribution in [0, 0.1) is 10.1 Å². The molecule has 0 radical (unpaired) electrons. The number of hydrogen-bond donors (Lipinski definition) is 0. The maximum Gasteiger partial charge on any atom is 0.325 e. The second kappa shape index (κ2) is 10.0. The first kappa shape index (κ1) is 20.1. The minimum absolute atomic E-state index is 0.0752. The second-order valence-corrected chi connectivity index (χ2v) is 5.03. The molecule has 1 aromatic carbocycles. The molecule has 0 heterocycles. The van der Waals surface area contributed by atoms with E-state index in [0.29, 0.717) is 25.0 Å². The molecular weight excluding hydrogens is 332 g/mol. The first-order chi connectivity index (χ1) is 11.9. The second-order valence-electron chi connectivity index (χ2n) is 5.03. The largest absolute Gasteiger partial charge is 0.494 e. The lowest BCUT2D eigenvalue weighted by Gasteiger charge is -2.19. The Kier molecular flexibility index (Phi) is 8.04. The van der Waals surface area contributed by atoms with E-state index >= 15 is 0 Å². The fraction of sp³-hybridized carbons (Fsp3) is 0.438. The zero-order valence-corrected chi connectivity index (χ0v) is 14.1. The van der Waals surface area contributed by atoms with Gasteiger partial charge in [0.05, 0.1) is 24.2 Å². The van der Waals surface area contributed by atoms with Crippen molar-refractivity contribution in [1.82, 2.24) is 4.90 Å². The van der Waals surface area contributed by atoms with Crippen molar-refractivity contribution < 1.29 is 28.8 Å². The molecule has 0 aliphatic heterocycles. The van der Waals surface area contributed by atoms with Gasteiger partial charge in [-0.2, -0.15) is 0 Å². The Labute approximate surface area is 144 Å². The number of likely N-dealkylation sites (N-methyl/N-ethyl adjacent to an activating group) is 1. The van der Waals surface area contributed by atoms with Crippen molar-refractivity contribution in [3.63, 3.8) is 0 Å². The molecule has 136 valence electrons. The molecule has 0 N–H and O–H groups in total. The number of ether oxygens (including phenoxy) is 2. The third-order valence-electron chi connectivity index (χ3n) is 3.41. The van der Waals surface area contributed by atoms with Gasteiger partial charge in [0.2, 0.25) is 5.91 Å². The van der Waals surface area contributed by atoms with Crippen LogP contribution < -0.4 is 4.74 Å². The maximum atomic E-state index is 12.0. The highest BCUT2D eigenvalue weighted by atomic mass is 16.6. The van der Waals surface area contributed by atoms with E-state index in [1.54, 1.807) is 6.92 Å². The number of nitrogens with zero attached hydrogens (tertiary/aromatic N) is 2. The molecule has 9 nitrogen and oxygen atoms in total. The van der Waals surface area contributed by atoms with E-state index in [-0.39, 0.29) is 36.7 Å². The summed E-state index contributed by atoms with van der Waals surface area (Å²) in [6, 6.07) is 3.87. The van der Waals surface area contributed by atoms with Gasteiger partial charge in [-0.15, -0.1) is 0 Å². The summed E-state index contributed by atoms with van der Waals surface area (Å²) in [5.41, 5.74) is -0.368. The molecule has 0 saturated heterocycles. The van der Waals surface area contributed by atoms with Gasteiger partial charge in [-0.1, -0.05) is 0 Å². The Morgan fingerprint density at radius 1 is 1.36 bits per heavy atom. The minimum atomic E-state index is -0.646. The van der Waals surface area contributed by atoms with Gasteiger partial charge in [0.15, 0.2) is 6.29 Å². The highest BCUT2D eigenvalue weighted by Gasteiger charge is 2.16. The smallest absolute Gasteiger partial charge is 0.325 e. The fourth-order valence-corrected chi connectivity index (χ4v) is 2.05.